The number of hydrogen-bond acceptors (Lipinski definition) is 5. The fourth-order valence-electron chi connectivity index (χ4n) is 4.81. The summed E-state index contributed by atoms with van der Waals surface area (Å²) in [4.78, 5) is 26.6. The highest BCUT2D eigenvalue weighted by Gasteiger charge is 2.41. The molecule has 1 fully saturated rings. The van der Waals surface area contributed by atoms with Gasteiger partial charge in [0.2, 0.25) is 0 Å². The zero-order valence-corrected chi connectivity index (χ0v) is 20.7. The quantitative estimate of drug-likeness (QED) is 0.371. The Morgan fingerprint density at radius 1 is 0.917 bits per heavy atom. The SMILES string of the molecule is Cc1cn([C@@H]2C[C@H](O)[C@H](COC(c3ccccc3)(c3ccccc3)c3ccccc3)S2)c(=O)[nH]c1=O. The molecule has 184 valence electrons. The summed E-state index contributed by atoms with van der Waals surface area (Å²) < 4.78 is 8.38. The van der Waals surface area contributed by atoms with E-state index in [-0.39, 0.29) is 17.2 Å². The molecular formula is C29H28N2O4S. The average Bonchev–Trinajstić information content (AvgIpc) is 3.28. The van der Waals surface area contributed by atoms with E-state index in [0.29, 0.717) is 12.0 Å². The van der Waals surface area contributed by atoms with Gasteiger partial charge < -0.3 is 9.84 Å². The molecule has 4 aromatic rings. The minimum atomic E-state index is -0.881. The smallest absolute Gasteiger partial charge is 0.329 e. The zero-order valence-electron chi connectivity index (χ0n) is 19.9. The number of thioether (sulfide) groups is 1. The van der Waals surface area contributed by atoms with Gasteiger partial charge >= 0.3 is 5.69 Å². The lowest BCUT2D eigenvalue weighted by Gasteiger charge is -2.37. The van der Waals surface area contributed by atoms with Gasteiger partial charge in [0.1, 0.15) is 5.60 Å². The number of hydrogen-bond donors (Lipinski definition) is 2. The molecule has 1 aromatic heterocycles. The molecule has 0 aliphatic carbocycles. The van der Waals surface area contributed by atoms with E-state index in [1.165, 1.54) is 16.3 Å². The Morgan fingerprint density at radius 2 is 1.42 bits per heavy atom. The number of aromatic nitrogens is 2. The first kappa shape index (κ1) is 24.3. The van der Waals surface area contributed by atoms with Crippen molar-refractivity contribution < 1.29 is 9.84 Å². The molecule has 1 aliphatic rings. The van der Waals surface area contributed by atoms with Gasteiger partial charge in [0.05, 0.1) is 23.3 Å². The Labute approximate surface area is 213 Å². The molecule has 2 heterocycles. The Bertz CT molecular complexity index is 1320. The zero-order chi connectivity index (χ0) is 25.1. The van der Waals surface area contributed by atoms with E-state index < -0.39 is 23.0 Å². The van der Waals surface area contributed by atoms with Gasteiger partial charge in [0.15, 0.2) is 0 Å². The van der Waals surface area contributed by atoms with Crippen LogP contribution in [0.3, 0.4) is 0 Å². The third kappa shape index (κ3) is 4.57. The van der Waals surface area contributed by atoms with Gasteiger partial charge in [0, 0.05) is 18.2 Å². The van der Waals surface area contributed by atoms with Gasteiger partial charge in [-0.15, -0.1) is 11.8 Å². The van der Waals surface area contributed by atoms with Crippen LogP contribution >= 0.6 is 11.8 Å². The molecule has 2 N–H and O–H groups in total. The summed E-state index contributed by atoms with van der Waals surface area (Å²) in [5.74, 6) is 0. The number of aliphatic hydroxyl groups excluding tert-OH is 1. The predicted molar refractivity (Wildman–Crippen MR) is 142 cm³/mol. The molecule has 0 unspecified atom stereocenters. The third-order valence-electron chi connectivity index (χ3n) is 6.67. The molecule has 0 amide bonds. The second kappa shape index (κ2) is 10.3. The van der Waals surface area contributed by atoms with Crippen LogP contribution in [0.1, 0.15) is 34.0 Å². The van der Waals surface area contributed by atoms with Crippen molar-refractivity contribution in [3.63, 3.8) is 0 Å². The number of rotatable bonds is 7. The molecule has 7 heteroatoms. The molecule has 0 radical (unpaired) electrons. The first-order chi connectivity index (χ1) is 17.5. The van der Waals surface area contributed by atoms with Crippen molar-refractivity contribution in [1.82, 2.24) is 9.55 Å². The summed E-state index contributed by atoms with van der Waals surface area (Å²) in [6.07, 6.45) is 1.29. The maximum atomic E-state index is 12.4. The van der Waals surface area contributed by atoms with Crippen molar-refractivity contribution in [3.05, 3.63) is 140 Å². The second-order valence-corrected chi connectivity index (χ2v) is 10.4. The van der Waals surface area contributed by atoms with Crippen LogP contribution in [0.5, 0.6) is 0 Å². The number of H-pyrrole nitrogens is 1. The Morgan fingerprint density at radius 3 is 1.92 bits per heavy atom. The molecule has 6 nitrogen and oxygen atoms in total. The van der Waals surface area contributed by atoms with Crippen molar-refractivity contribution >= 4 is 11.8 Å². The summed E-state index contributed by atoms with van der Waals surface area (Å²) in [5, 5.41) is 10.4. The number of aromatic amines is 1. The van der Waals surface area contributed by atoms with E-state index in [4.69, 9.17) is 4.74 Å². The lowest BCUT2D eigenvalue weighted by molar-refractivity contribution is -0.000644. The van der Waals surface area contributed by atoms with E-state index >= 15 is 0 Å². The molecule has 3 atom stereocenters. The number of aliphatic hydroxyl groups is 1. The van der Waals surface area contributed by atoms with Crippen molar-refractivity contribution in [1.29, 1.82) is 0 Å². The number of aryl methyl sites for hydroxylation is 1. The van der Waals surface area contributed by atoms with Gasteiger partial charge in [-0.3, -0.25) is 14.3 Å². The predicted octanol–water partition coefficient (Wildman–Crippen LogP) is 4.22. The molecule has 0 spiro atoms. The molecule has 0 bridgehead atoms. The van der Waals surface area contributed by atoms with Crippen molar-refractivity contribution in [2.75, 3.05) is 6.61 Å². The third-order valence-corrected chi connectivity index (χ3v) is 8.20. The van der Waals surface area contributed by atoms with Crippen molar-refractivity contribution in [3.8, 4) is 0 Å². The lowest BCUT2D eigenvalue weighted by atomic mass is 9.80. The first-order valence-electron chi connectivity index (χ1n) is 11.9. The van der Waals surface area contributed by atoms with Crippen LogP contribution in [-0.2, 0) is 10.3 Å². The van der Waals surface area contributed by atoms with Crippen LogP contribution in [0.15, 0.2) is 107 Å². The largest absolute Gasteiger partial charge is 0.392 e. The molecule has 0 saturated carbocycles. The summed E-state index contributed by atoms with van der Waals surface area (Å²) in [6, 6.07) is 30.3. The Hall–Kier alpha value is -3.39. The second-order valence-electron chi connectivity index (χ2n) is 9.00. The van der Waals surface area contributed by atoms with E-state index in [1.54, 1.807) is 13.1 Å². The Kier molecular flexibility index (Phi) is 6.96. The van der Waals surface area contributed by atoms with Gasteiger partial charge in [0.25, 0.3) is 5.56 Å². The molecule has 3 aromatic carbocycles. The number of nitrogens with one attached hydrogen (secondary N) is 1. The minimum absolute atomic E-state index is 0.260. The topological polar surface area (TPSA) is 84.3 Å². The lowest BCUT2D eigenvalue weighted by Crippen LogP contribution is -2.36. The highest BCUT2D eigenvalue weighted by atomic mass is 32.2. The van der Waals surface area contributed by atoms with Gasteiger partial charge in [-0.25, -0.2) is 4.79 Å². The van der Waals surface area contributed by atoms with Crippen LogP contribution in [0.4, 0.5) is 0 Å². The summed E-state index contributed by atoms with van der Waals surface area (Å²) >= 11 is 1.49. The number of ether oxygens (including phenoxy) is 1. The molecule has 1 saturated heterocycles. The summed E-state index contributed by atoms with van der Waals surface area (Å²) in [6.45, 7) is 1.93. The fourth-order valence-corrected chi connectivity index (χ4v) is 6.25. The van der Waals surface area contributed by atoms with Crippen LogP contribution in [-0.4, -0.2) is 32.6 Å². The Balaban J connectivity index is 1.50. The minimum Gasteiger partial charge on any atom is -0.392 e. The molecular weight excluding hydrogens is 472 g/mol. The maximum Gasteiger partial charge on any atom is 0.329 e. The van der Waals surface area contributed by atoms with Crippen molar-refractivity contribution in [2.45, 2.75) is 35.7 Å². The van der Waals surface area contributed by atoms with Gasteiger partial charge in [-0.2, -0.15) is 0 Å². The van der Waals surface area contributed by atoms with Crippen LogP contribution in [0.25, 0.3) is 0 Å². The van der Waals surface area contributed by atoms with Crippen LogP contribution in [0.2, 0.25) is 0 Å². The standard InChI is InChI=1S/C29H28N2O4S/c1-20-18-31(28(34)30-27(20)33)26-17-24(32)25(36-26)19-35-29(21-11-5-2-6-12-21,22-13-7-3-8-14-22)23-15-9-4-10-16-23/h2-16,18,24-26,32H,17,19H2,1H3,(H,30,33,34)/t24-,25-,26-/m0/s1. The average molecular weight is 501 g/mol. The van der Waals surface area contributed by atoms with E-state index in [2.05, 4.69) is 41.4 Å². The number of nitrogens with zero attached hydrogens (tertiary/aromatic N) is 1. The summed E-state index contributed by atoms with van der Waals surface area (Å²) in [7, 11) is 0. The first-order valence-corrected chi connectivity index (χ1v) is 12.9. The van der Waals surface area contributed by atoms with Crippen LogP contribution in [0, 0.1) is 6.92 Å². The number of benzene rings is 3. The highest BCUT2D eigenvalue weighted by molar-refractivity contribution is 8.00. The maximum absolute atomic E-state index is 12.4. The monoisotopic (exact) mass is 500 g/mol. The molecule has 5 rings (SSSR count). The van der Waals surface area contributed by atoms with Gasteiger partial charge in [-0.05, 0) is 23.6 Å². The van der Waals surface area contributed by atoms with E-state index in [1.807, 2.05) is 54.6 Å². The normalized spacial score (nSPS) is 19.9. The van der Waals surface area contributed by atoms with Crippen molar-refractivity contribution in [2.24, 2.45) is 0 Å². The van der Waals surface area contributed by atoms with Gasteiger partial charge in [-0.1, -0.05) is 91.0 Å². The molecule has 1 aliphatic heterocycles. The fraction of sp³-hybridized carbons (Fsp3) is 0.241. The highest BCUT2D eigenvalue weighted by Crippen LogP contribution is 2.45. The van der Waals surface area contributed by atoms with E-state index in [0.717, 1.165) is 16.7 Å². The van der Waals surface area contributed by atoms with E-state index in [9.17, 15) is 14.7 Å². The summed E-state index contributed by atoms with van der Waals surface area (Å²) in [5.41, 5.74) is 1.69. The molecule has 36 heavy (non-hydrogen) atoms. The van der Waals surface area contributed by atoms with Crippen LogP contribution < -0.4 is 11.2 Å².